The van der Waals surface area contributed by atoms with Crippen LogP contribution < -0.4 is 10.6 Å². The molecule has 0 bridgehead atoms. The lowest BCUT2D eigenvalue weighted by Crippen LogP contribution is -2.12. The first-order valence-corrected chi connectivity index (χ1v) is 10.6. The molecule has 0 fully saturated rings. The molecule has 4 rings (SSSR count). The van der Waals surface area contributed by atoms with Crippen molar-refractivity contribution < 1.29 is 4.79 Å². The molecule has 0 atom stereocenters. The number of carbonyl (C=O) groups is 1. The van der Waals surface area contributed by atoms with Gasteiger partial charge in [0, 0.05) is 47.0 Å². The largest absolute Gasteiger partial charge is 0.324 e. The van der Waals surface area contributed by atoms with Crippen LogP contribution in [0.3, 0.4) is 0 Å². The number of alkyl halides is 1. The Morgan fingerprint density at radius 3 is 2.53 bits per heavy atom. The number of anilines is 3. The minimum absolute atomic E-state index is 0.189. The van der Waals surface area contributed by atoms with Gasteiger partial charge in [-0.05, 0) is 66.9 Å². The van der Waals surface area contributed by atoms with E-state index < -0.39 is 0 Å². The van der Waals surface area contributed by atoms with E-state index >= 15 is 0 Å². The molecule has 0 saturated carbocycles. The highest BCUT2D eigenvalue weighted by Crippen LogP contribution is 2.25. The highest BCUT2D eigenvalue weighted by atomic mass is 35.5. The van der Waals surface area contributed by atoms with Crippen LogP contribution >= 0.6 is 11.6 Å². The molecule has 0 aliphatic carbocycles. The van der Waals surface area contributed by atoms with Crippen molar-refractivity contribution in [3.8, 4) is 11.3 Å². The van der Waals surface area contributed by atoms with Crippen molar-refractivity contribution >= 4 is 34.8 Å². The van der Waals surface area contributed by atoms with Gasteiger partial charge in [-0.3, -0.25) is 9.78 Å². The first-order chi connectivity index (χ1) is 15.5. The van der Waals surface area contributed by atoms with E-state index in [4.69, 9.17) is 11.6 Å². The number of hydrogen-bond acceptors (Lipinski definition) is 5. The third-order valence-electron chi connectivity index (χ3n) is 5.08. The molecule has 2 N–H and O–H groups in total. The predicted octanol–water partition coefficient (Wildman–Crippen LogP) is 5.89. The molecule has 2 aromatic carbocycles. The fraction of sp³-hybridized carbons (Fsp3) is 0.120. The fourth-order valence-corrected chi connectivity index (χ4v) is 3.38. The third kappa shape index (κ3) is 4.92. The number of aromatic nitrogens is 3. The van der Waals surface area contributed by atoms with Gasteiger partial charge in [0.1, 0.15) is 0 Å². The van der Waals surface area contributed by atoms with Gasteiger partial charge in [0.25, 0.3) is 5.91 Å². The summed E-state index contributed by atoms with van der Waals surface area (Å²) in [6.07, 6.45) is 5.26. The molecular weight excluding hydrogens is 422 g/mol. The van der Waals surface area contributed by atoms with Crippen molar-refractivity contribution in [3.63, 3.8) is 0 Å². The van der Waals surface area contributed by atoms with E-state index in [1.165, 1.54) is 0 Å². The Labute approximate surface area is 191 Å². The minimum Gasteiger partial charge on any atom is -0.324 e. The van der Waals surface area contributed by atoms with E-state index in [0.717, 1.165) is 33.6 Å². The SMILES string of the molecule is Cc1ccc(NC(=O)c2ccc(CCl)cc2)cc1Nc1nccc(-c2cnccc2C)n1. The van der Waals surface area contributed by atoms with E-state index in [1.54, 1.807) is 30.7 Å². The summed E-state index contributed by atoms with van der Waals surface area (Å²) in [7, 11) is 0. The molecule has 2 aromatic heterocycles. The second-order valence-corrected chi connectivity index (χ2v) is 7.66. The highest BCUT2D eigenvalue weighted by molar-refractivity contribution is 6.17. The summed E-state index contributed by atoms with van der Waals surface area (Å²) in [5, 5.41) is 6.19. The number of amides is 1. The van der Waals surface area contributed by atoms with Gasteiger partial charge in [0.15, 0.2) is 0 Å². The van der Waals surface area contributed by atoms with Gasteiger partial charge in [0.2, 0.25) is 5.95 Å². The number of halogens is 1. The van der Waals surface area contributed by atoms with Crippen LogP contribution in [0.2, 0.25) is 0 Å². The van der Waals surface area contributed by atoms with E-state index in [9.17, 15) is 4.79 Å². The Balaban J connectivity index is 1.54. The van der Waals surface area contributed by atoms with Gasteiger partial charge in [0.05, 0.1) is 5.69 Å². The van der Waals surface area contributed by atoms with Crippen LogP contribution in [0.15, 0.2) is 73.2 Å². The molecule has 0 radical (unpaired) electrons. The lowest BCUT2D eigenvalue weighted by atomic mass is 10.1. The average Bonchev–Trinajstić information content (AvgIpc) is 2.82. The molecule has 2 heterocycles. The number of benzene rings is 2. The summed E-state index contributed by atoms with van der Waals surface area (Å²) in [6.45, 7) is 4.00. The summed E-state index contributed by atoms with van der Waals surface area (Å²) < 4.78 is 0. The van der Waals surface area contributed by atoms with Gasteiger partial charge in [-0.1, -0.05) is 18.2 Å². The van der Waals surface area contributed by atoms with E-state index in [1.807, 2.05) is 56.3 Å². The fourth-order valence-electron chi connectivity index (χ4n) is 3.20. The highest BCUT2D eigenvalue weighted by Gasteiger charge is 2.10. The number of rotatable bonds is 6. The summed E-state index contributed by atoms with van der Waals surface area (Å²) in [5.41, 5.74) is 6.84. The number of nitrogens with zero attached hydrogens (tertiary/aromatic N) is 3. The van der Waals surface area contributed by atoms with Crippen molar-refractivity contribution in [1.82, 2.24) is 15.0 Å². The smallest absolute Gasteiger partial charge is 0.255 e. The predicted molar refractivity (Wildman–Crippen MR) is 128 cm³/mol. The Bertz CT molecular complexity index is 1260. The molecular formula is C25H22ClN5O. The standard InChI is InChI=1S/C25H22ClN5O/c1-16-9-11-27-15-21(16)22-10-12-28-25(30-22)31-23-13-20(8-3-17(23)2)29-24(32)19-6-4-18(14-26)5-7-19/h3-13,15H,14H2,1-2H3,(H,29,32)(H,28,30,31). The minimum atomic E-state index is -0.189. The van der Waals surface area contributed by atoms with Crippen molar-refractivity contribution in [3.05, 3.63) is 95.4 Å². The molecule has 0 aliphatic rings. The van der Waals surface area contributed by atoms with Crippen molar-refractivity contribution in [2.24, 2.45) is 0 Å². The zero-order chi connectivity index (χ0) is 22.5. The topological polar surface area (TPSA) is 79.8 Å². The number of aryl methyl sites for hydroxylation is 2. The molecule has 4 aromatic rings. The zero-order valence-electron chi connectivity index (χ0n) is 17.8. The number of hydrogen-bond donors (Lipinski definition) is 2. The van der Waals surface area contributed by atoms with Gasteiger partial charge < -0.3 is 10.6 Å². The van der Waals surface area contributed by atoms with Crippen LogP contribution in [0.4, 0.5) is 17.3 Å². The first kappa shape index (κ1) is 21.5. The van der Waals surface area contributed by atoms with Crippen molar-refractivity contribution in [2.75, 3.05) is 10.6 Å². The molecule has 6 nitrogen and oxygen atoms in total. The van der Waals surface area contributed by atoms with Gasteiger partial charge >= 0.3 is 0 Å². The second-order valence-electron chi connectivity index (χ2n) is 7.40. The van der Waals surface area contributed by atoms with Gasteiger partial charge in [-0.15, -0.1) is 11.6 Å². The molecule has 160 valence electrons. The maximum Gasteiger partial charge on any atom is 0.255 e. The van der Waals surface area contributed by atoms with E-state index in [2.05, 4.69) is 25.6 Å². The van der Waals surface area contributed by atoms with Crippen LogP contribution in [0, 0.1) is 13.8 Å². The average molecular weight is 444 g/mol. The molecule has 0 saturated heterocycles. The molecule has 1 amide bonds. The van der Waals surface area contributed by atoms with E-state index in [-0.39, 0.29) is 5.91 Å². The van der Waals surface area contributed by atoms with Crippen LogP contribution in [0.5, 0.6) is 0 Å². The first-order valence-electron chi connectivity index (χ1n) is 10.1. The maximum absolute atomic E-state index is 12.6. The Morgan fingerprint density at radius 1 is 0.969 bits per heavy atom. The lowest BCUT2D eigenvalue weighted by Gasteiger charge is -2.12. The third-order valence-corrected chi connectivity index (χ3v) is 5.39. The quantitative estimate of drug-likeness (QED) is 0.363. The van der Waals surface area contributed by atoms with Gasteiger partial charge in [-0.2, -0.15) is 0 Å². The summed E-state index contributed by atoms with van der Waals surface area (Å²) in [6, 6.07) is 16.7. The Kier molecular flexibility index (Phi) is 6.42. The summed E-state index contributed by atoms with van der Waals surface area (Å²) >= 11 is 5.82. The van der Waals surface area contributed by atoms with Crippen molar-refractivity contribution in [1.29, 1.82) is 0 Å². The van der Waals surface area contributed by atoms with Crippen molar-refractivity contribution in [2.45, 2.75) is 19.7 Å². The second kappa shape index (κ2) is 9.58. The number of carbonyl (C=O) groups excluding carboxylic acids is 1. The summed E-state index contributed by atoms with van der Waals surface area (Å²) in [4.78, 5) is 25.8. The monoisotopic (exact) mass is 443 g/mol. The Morgan fingerprint density at radius 2 is 1.78 bits per heavy atom. The van der Waals surface area contributed by atoms with Crippen LogP contribution in [0.1, 0.15) is 27.0 Å². The molecule has 0 spiro atoms. The number of pyridine rings is 1. The molecule has 0 aliphatic heterocycles. The van der Waals surface area contributed by atoms with E-state index in [0.29, 0.717) is 23.1 Å². The summed E-state index contributed by atoms with van der Waals surface area (Å²) in [5.74, 6) is 0.693. The normalized spacial score (nSPS) is 10.6. The Hall–Kier alpha value is -3.77. The van der Waals surface area contributed by atoms with Gasteiger partial charge in [-0.25, -0.2) is 9.97 Å². The molecule has 7 heteroatoms. The molecule has 0 unspecified atom stereocenters. The zero-order valence-corrected chi connectivity index (χ0v) is 18.5. The van der Waals surface area contributed by atoms with Crippen LogP contribution in [-0.2, 0) is 5.88 Å². The lowest BCUT2D eigenvalue weighted by molar-refractivity contribution is 0.102. The number of nitrogens with one attached hydrogen (secondary N) is 2. The molecule has 32 heavy (non-hydrogen) atoms. The van der Waals surface area contributed by atoms with Crippen LogP contribution in [-0.4, -0.2) is 20.9 Å². The maximum atomic E-state index is 12.6. The van der Waals surface area contributed by atoms with Crippen LogP contribution in [0.25, 0.3) is 11.3 Å².